The third-order valence-corrected chi connectivity index (χ3v) is 4.98. The van der Waals surface area contributed by atoms with E-state index in [1.807, 2.05) is 6.26 Å². The lowest BCUT2D eigenvalue weighted by atomic mass is 10.0. The average Bonchev–Trinajstić information content (AvgIpc) is 2.58. The summed E-state index contributed by atoms with van der Waals surface area (Å²) in [5, 5.41) is 3.98. The number of halogens is 2. The Kier molecular flexibility index (Phi) is 5.29. The fourth-order valence-electron chi connectivity index (χ4n) is 2.45. The maximum atomic E-state index is 13.5. The normalized spacial score (nSPS) is 11.0. The number of thioether (sulfide) groups is 1. The SMILES string of the molecule is CSCCNc1cc2[nH]c(=O)c(-c3cc(N)c(F)cc3Br)cc2cn1. The quantitative estimate of drug-likeness (QED) is 0.429. The molecule has 0 bridgehead atoms. The first-order chi connectivity index (χ1) is 12.0. The molecule has 0 atom stereocenters. The number of nitrogens with zero attached hydrogens (tertiary/aromatic N) is 1. The highest BCUT2D eigenvalue weighted by molar-refractivity contribution is 9.10. The van der Waals surface area contributed by atoms with Crippen LogP contribution in [0.25, 0.3) is 22.0 Å². The molecule has 0 aliphatic carbocycles. The Bertz CT molecular complexity index is 992. The van der Waals surface area contributed by atoms with Crippen molar-refractivity contribution >= 4 is 50.1 Å². The number of benzene rings is 1. The van der Waals surface area contributed by atoms with Gasteiger partial charge in [-0.15, -0.1) is 0 Å². The Morgan fingerprint density at radius 1 is 1.32 bits per heavy atom. The number of hydrogen-bond donors (Lipinski definition) is 3. The van der Waals surface area contributed by atoms with E-state index in [1.54, 1.807) is 30.1 Å². The number of aromatic nitrogens is 2. The van der Waals surface area contributed by atoms with Gasteiger partial charge >= 0.3 is 0 Å². The number of anilines is 2. The van der Waals surface area contributed by atoms with Crippen LogP contribution >= 0.6 is 27.7 Å². The van der Waals surface area contributed by atoms with Crippen LogP contribution in [0, 0.1) is 5.82 Å². The molecule has 1 aromatic carbocycles. The molecular weight excluding hydrogens is 407 g/mol. The fourth-order valence-corrected chi connectivity index (χ4v) is 3.29. The van der Waals surface area contributed by atoms with Gasteiger partial charge in [0.1, 0.15) is 11.6 Å². The topological polar surface area (TPSA) is 83.8 Å². The van der Waals surface area contributed by atoms with Crippen LogP contribution < -0.4 is 16.6 Å². The summed E-state index contributed by atoms with van der Waals surface area (Å²) < 4.78 is 14.0. The molecule has 4 N–H and O–H groups in total. The summed E-state index contributed by atoms with van der Waals surface area (Å²) in [6.07, 6.45) is 3.73. The lowest BCUT2D eigenvalue weighted by molar-refractivity contribution is 0.632. The average molecular weight is 423 g/mol. The van der Waals surface area contributed by atoms with Gasteiger partial charge in [-0.05, 0) is 24.5 Å². The van der Waals surface area contributed by atoms with E-state index in [0.29, 0.717) is 26.9 Å². The smallest absolute Gasteiger partial charge is 0.256 e. The molecule has 0 radical (unpaired) electrons. The second-order valence-electron chi connectivity index (χ2n) is 5.44. The molecule has 5 nitrogen and oxygen atoms in total. The van der Waals surface area contributed by atoms with Crippen molar-refractivity contribution in [3.05, 3.63) is 51.1 Å². The Labute approximate surface area is 156 Å². The van der Waals surface area contributed by atoms with Crippen LogP contribution in [0.2, 0.25) is 0 Å². The molecule has 3 rings (SSSR count). The van der Waals surface area contributed by atoms with Crippen molar-refractivity contribution < 1.29 is 4.39 Å². The van der Waals surface area contributed by atoms with Crippen molar-refractivity contribution in [2.24, 2.45) is 0 Å². The zero-order valence-corrected chi connectivity index (χ0v) is 15.8. The number of hydrogen-bond acceptors (Lipinski definition) is 5. The van der Waals surface area contributed by atoms with Crippen molar-refractivity contribution in [2.75, 3.05) is 29.6 Å². The van der Waals surface area contributed by atoms with Crippen LogP contribution in [0.4, 0.5) is 15.9 Å². The van der Waals surface area contributed by atoms with Crippen LogP contribution in [-0.4, -0.2) is 28.5 Å². The molecule has 130 valence electrons. The maximum Gasteiger partial charge on any atom is 0.256 e. The molecule has 0 aliphatic rings. The molecule has 8 heteroatoms. The van der Waals surface area contributed by atoms with E-state index in [9.17, 15) is 9.18 Å². The van der Waals surface area contributed by atoms with Gasteiger partial charge in [-0.25, -0.2) is 9.37 Å². The highest BCUT2D eigenvalue weighted by atomic mass is 79.9. The van der Waals surface area contributed by atoms with Gasteiger partial charge in [0, 0.05) is 45.5 Å². The molecular formula is C17H16BrFN4OS. The lowest BCUT2D eigenvalue weighted by Crippen LogP contribution is -2.10. The molecule has 25 heavy (non-hydrogen) atoms. The molecule has 0 saturated carbocycles. The summed E-state index contributed by atoms with van der Waals surface area (Å²) in [5.41, 5.74) is 6.96. The van der Waals surface area contributed by atoms with Crippen LogP contribution in [-0.2, 0) is 0 Å². The van der Waals surface area contributed by atoms with Gasteiger partial charge < -0.3 is 16.0 Å². The van der Waals surface area contributed by atoms with E-state index >= 15 is 0 Å². The minimum atomic E-state index is -0.532. The zero-order valence-electron chi connectivity index (χ0n) is 13.4. The van der Waals surface area contributed by atoms with Crippen LogP contribution in [0.15, 0.2) is 39.7 Å². The number of nitrogens with two attached hydrogens (primary N) is 1. The molecule has 0 unspecified atom stereocenters. The molecule has 0 aliphatic heterocycles. The zero-order chi connectivity index (χ0) is 18.0. The molecule has 0 fully saturated rings. The van der Waals surface area contributed by atoms with Gasteiger partial charge in [0.05, 0.1) is 11.2 Å². The number of nitrogen functional groups attached to an aromatic ring is 1. The molecule has 2 aromatic heterocycles. The van der Waals surface area contributed by atoms with Crippen molar-refractivity contribution in [3.8, 4) is 11.1 Å². The highest BCUT2D eigenvalue weighted by Gasteiger charge is 2.13. The summed E-state index contributed by atoms with van der Waals surface area (Å²) >= 11 is 5.03. The standard InChI is InChI=1S/C17H16BrFN4OS/c1-25-3-2-21-16-7-15-9(8-22-16)4-11(17(24)23-15)10-5-14(20)13(19)6-12(10)18/h4-8H,2-3,20H2,1H3,(H,21,22)(H,23,24). The lowest BCUT2D eigenvalue weighted by Gasteiger charge is -2.09. The largest absolute Gasteiger partial charge is 0.396 e. The van der Waals surface area contributed by atoms with Gasteiger partial charge in [0.25, 0.3) is 5.56 Å². The van der Waals surface area contributed by atoms with Crippen molar-refractivity contribution in [2.45, 2.75) is 0 Å². The van der Waals surface area contributed by atoms with Crippen LogP contribution in [0.5, 0.6) is 0 Å². The number of pyridine rings is 2. The van der Waals surface area contributed by atoms with Crippen molar-refractivity contribution in [1.82, 2.24) is 9.97 Å². The number of aromatic amines is 1. The highest BCUT2D eigenvalue weighted by Crippen LogP contribution is 2.31. The number of nitrogens with one attached hydrogen (secondary N) is 2. The second kappa shape index (κ2) is 7.45. The number of fused-ring (bicyclic) bond motifs is 1. The van der Waals surface area contributed by atoms with Gasteiger partial charge in [-0.3, -0.25) is 4.79 Å². The first-order valence-electron chi connectivity index (χ1n) is 7.50. The third kappa shape index (κ3) is 3.80. The maximum absolute atomic E-state index is 13.5. The fraction of sp³-hybridized carbons (Fsp3) is 0.176. The Hall–Kier alpha value is -2.06. The summed E-state index contributed by atoms with van der Waals surface area (Å²) in [7, 11) is 0. The second-order valence-corrected chi connectivity index (χ2v) is 7.28. The van der Waals surface area contributed by atoms with E-state index < -0.39 is 5.82 Å². The van der Waals surface area contributed by atoms with Gasteiger partial charge in [0.2, 0.25) is 0 Å². The Morgan fingerprint density at radius 2 is 2.12 bits per heavy atom. The first-order valence-corrected chi connectivity index (χ1v) is 9.69. The van der Waals surface area contributed by atoms with Crippen LogP contribution in [0.3, 0.4) is 0 Å². The minimum Gasteiger partial charge on any atom is -0.396 e. The molecule has 2 heterocycles. The van der Waals surface area contributed by atoms with E-state index in [1.165, 1.54) is 12.1 Å². The molecule has 0 amide bonds. The monoisotopic (exact) mass is 422 g/mol. The summed E-state index contributed by atoms with van der Waals surface area (Å²) in [6.45, 7) is 0.795. The van der Waals surface area contributed by atoms with E-state index in [-0.39, 0.29) is 11.2 Å². The van der Waals surface area contributed by atoms with E-state index in [0.717, 1.165) is 17.7 Å². The van der Waals surface area contributed by atoms with Crippen LogP contribution in [0.1, 0.15) is 0 Å². The summed E-state index contributed by atoms with van der Waals surface area (Å²) in [6, 6.07) is 6.23. The van der Waals surface area contributed by atoms with Gasteiger partial charge in [-0.2, -0.15) is 11.8 Å². The third-order valence-electron chi connectivity index (χ3n) is 3.72. The number of rotatable bonds is 5. The first kappa shape index (κ1) is 17.8. The molecule has 3 aromatic rings. The Balaban J connectivity index is 2.04. The minimum absolute atomic E-state index is 0.0100. The summed E-state index contributed by atoms with van der Waals surface area (Å²) in [4.78, 5) is 19.7. The Morgan fingerprint density at radius 3 is 2.88 bits per heavy atom. The number of H-pyrrole nitrogens is 1. The summed E-state index contributed by atoms with van der Waals surface area (Å²) in [5.74, 6) is 1.14. The van der Waals surface area contributed by atoms with E-state index in [4.69, 9.17) is 5.73 Å². The van der Waals surface area contributed by atoms with Gasteiger partial charge in [0.15, 0.2) is 0 Å². The molecule has 0 spiro atoms. The molecule has 0 saturated heterocycles. The van der Waals surface area contributed by atoms with Gasteiger partial charge in [-0.1, -0.05) is 15.9 Å². The predicted molar refractivity (Wildman–Crippen MR) is 107 cm³/mol. The van der Waals surface area contributed by atoms with E-state index in [2.05, 4.69) is 31.2 Å². The van der Waals surface area contributed by atoms with Crippen molar-refractivity contribution in [3.63, 3.8) is 0 Å². The van der Waals surface area contributed by atoms with Crippen molar-refractivity contribution in [1.29, 1.82) is 0 Å². The predicted octanol–water partition coefficient (Wildman–Crippen LogP) is 3.85.